The molecule has 3 nitrogen and oxygen atoms in total. The highest BCUT2D eigenvalue weighted by Gasteiger charge is 2.38. The van der Waals surface area contributed by atoms with Gasteiger partial charge < -0.3 is 15.2 Å². The highest BCUT2D eigenvalue weighted by atomic mass is 16.5. The van der Waals surface area contributed by atoms with Crippen molar-refractivity contribution in [2.24, 2.45) is 5.41 Å². The quantitative estimate of drug-likeness (QED) is 0.858. The van der Waals surface area contributed by atoms with Gasteiger partial charge in [0.25, 0.3) is 0 Å². The Hall–Kier alpha value is -1.06. The topological polar surface area (TPSA) is 41.5 Å². The molecule has 19 heavy (non-hydrogen) atoms. The third kappa shape index (κ3) is 3.10. The summed E-state index contributed by atoms with van der Waals surface area (Å²) in [7, 11) is 1.68. The zero-order valence-corrected chi connectivity index (χ0v) is 12.1. The summed E-state index contributed by atoms with van der Waals surface area (Å²) in [6.07, 6.45) is 3.46. The highest BCUT2D eigenvalue weighted by molar-refractivity contribution is 5.29. The number of ether oxygens (including phenoxy) is 1. The number of aliphatic hydroxyl groups is 1. The molecule has 1 aromatic rings. The second-order valence-electron chi connectivity index (χ2n) is 5.92. The summed E-state index contributed by atoms with van der Waals surface area (Å²) in [6.45, 7) is 4.62. The minimum absolute atomic E-state index is 0.0285. The van der Waals surface area contributed by atoms with E-state index in [9.17, 15) is 5.11 Å². The third-order valence-electron chi connectivity index (χ3n) is 4.51. The van der Waals surface area contributed by atoms with E-state index in [0.29, 0.717) is 12.1 Å². The summed E-state index contributed by atoms with van der Waals surface area (Å²) in [6, 6.07) is 8.87. The van der Waals surface area contributed by atoms with Crippen molar-refractivity contribution < 1.29 is 9.84 Å². The normalized spacial score (nSPS) is 28.3. The molecule has 3 atom stereocenters. The number of nitrogens with one attached hydrogen (secondary N) is 1. The van der Waals surface area contributed by atoms with Crippen LogP contribution in [-0.4, -0.2) is 24.9 Å². The first-order valence-corrected chi connectivity index (χ1v) is 7.10. The summed E-state index contributed by atoms with van der Waals surface area (Å²) in [4.78, 5) is 0. The maximum atomic E-state index is 9.59. The second-order valence-corrected chi connectivity index (χ2v) is 5.92. The van der Waals surface area contributed by atoms with Crippen molar-refractivity contribution in [3.05, 3.63) is 29.8 Å². The molecule has 3 unspecified atom stereocenters. The maximum Gasteiger partial charge on any atom is 0.118 e. The van der Waals surface area contributed by atoms with Crippen molar-refractivity contribution in [2.75, 3.05) is 13.7 Å². The average molecular weight is 263 g/mol. The van der Waals surface area contributed by atoms with E-state index in [-0.39, 0.29) is 12.0 Å². The monoisotopic (exact) mass is 263 g/mol. The fourth-order valence-corrected chi connectivity index (χ4v) is 3.00. The molecule has 3 heteroatoms. The number of aliphatic hydroxyl groups excluding tert-OH is 1. The number of benzene rings is 1. The Morgan fingerprint density at radius 2 is 2.11 bits per heavy atom. The molecule has 0 aromatic heterocycles. The fourth-order valence-electron chi connectivity index (χ4n) is 3.00. The van der Waals surface area contributed by atoms with E-state index in [0.717, 1.165) is 18.6 Å². The Bertz CT molecular complexity index is 404. The van der Waals surface area contributed by atoms with Crippen LogP contribution in [0.25, 0.3) is 0 Å². The standard InChI is InChI=1S/C16H25NO2/c1-12(13-6-8-14(19-3)9-7-13)17-15-5-4-10-16(15,2)11-18/h6-9,12,15,17-18H,4-5,10-11H2,1-3H3. The van der Waals surface area contributed by atoms with Crippen LogP contribution in [0, 0.1) is 5.41 Å². The minimum Gasteiger partial charge on any atom is -0.497 e. The Balaban J connectivity index is 2.01. The van der Waals surface area contributed by atoms with Crippen molar-refractivity contribution in [1.29, 1.82) is 0 Å². The molecule has 1 aliphatic carbocycles. The van der Waals surface area contributed by atoms with Gasteiger partial charge in [-0.15, -0.1) is 0 Å². The highest BCUT2D eigenvalue weighted by Crippen LogP contribution is 2.38. The lowest BCUT2D eigenvalue weighted by Crippen LogP contribution is -2.42. The van der Waals surface area contributed by atoms with E-state index in [1.807, 2.05) is 12.1 Å². The van der Waals surface area contributed by atoms with Crippen LogP contribution in [0.2, 0.25) is 0 Å². The molecule has 0 amide bonds. The van der Waals surface area contributed by atoms with Crippen molar-refractivity contribution in [1.82, 2.24) is 5.32 Å². The lowest BCUT2D eigenvalue weighted by Gasteiger charge is -2.32. The predicted molar refractivity (Wildman–Crippen MR) is 77.4 cm³/mol. The van der Waals surface area contributed by atoms with Crippen molar-refractivity contribution in [3.8, 4) is 5.75 Å². The van der Waals surface area contributed by atoms with E-state index in [1.165, 1.54) is 12.0 Å². The van der Waals surface area contributed by atoms with Crippen LogP contribution in [0.3, 0.4) is 0 Å². The molecule has 0 saturated heterocycles. The van der Waals surface area contributed by atoms with Gasteiger partial charge in [0.2, 0.25) is 0 Å². The summed E-state index contributed by atoms with van der Waals surface area (Å²) >= 11 is 0. The molecule has 0 heterocycles. The van der Waals surface area contributed by atoms with E-state index in [4.69, 9.17) is 4.74 Å². The van der Waals surface area contributed by atoms with E-state index >= 15 is 0 Å². The lowest BCUT2D eigenvalue weighted by atomic mass is 9.85. The van der Waals surface area contributed by atoms with Gasteiger partial charge >= 0.3 is 0 Å². The van der Waals surface area contributed by atoms with Gasteiger partial charge in [-0.2, -0.15) is 0 Å². The Morgan fingerprint density at radius 1 is 1.42 bits per heavy atom. The molecule has 0 spiro atoms. The van der Waals surface area contributed by atoms with Gasteiger partial charge in [-0.3, -0.25) is 0 Å². The predicted octanol–water partition coefficient (Wildman–Crippen LogP) is 2.90. The van der Waals surface area contributed by atoms with E-state index < -0.39 is 0 Å². The SMILES string of the molecule is COc1ccc(C(C)NC2CCCC2(C)CO)cc1. The summed E-state index contributed by atoms with van der Waals surface area (Å²) < 4.78 is 5.18. The van der Waals surface area contributed by atoms with Crippen molar-refractivity contribution >= 4 is 0 Å². The molecule has 2 rings (SSSR count). The number of methoxy groups -OCH3 is 1. The molecule has 106 valence electrons. The molecule has 1 aliphatic rings. The molecule has 0 aliphatic heterocycles. The smallest absolute Gasteiger partial charge is 0.118 e. The van der Waals surface area contributed by atoms with Crippen LogP contribution in [0.5, 0.6) is 5.75 Å². The van der Waals surface area contributed by atoms with Crippen LogP contribution in [0.4, 0.5) is 0 Å². The molecule has 1 aromatic carbocycles. The van der Waals surface area contributed by atoms with Gasteiger partial charge in [0.05, 0.1) is 7.11 Å². The van der Waals surface area contributed by atoms with Crippen LogP contribution in [0.1, 0.15) is 44.7 Å². The fraction of sp³-hybridized carbons (Fsp3) is 0.625. The molecule has 1 saturated carbocycles. The van der Waals surface area contributed by atoms with Crippen molar-refractivity contribution in [2.45, 2.75) is 45.2 Å². The van der Waals surface area contributed by atoms with Gasteiger partial charge in [0, 0.05) is 24.1 Å². The van der Waals surface area contributed by atoms with Crippen LogP contribution in [-0.2, 0) is 0 Å². The zero-order chi connectivity index (χ0) is 13.9. The third-order valence-corrected chi connectivity index (χ3v) is 4.51. The molecular weight excluding hydrogens is 238 g/mol. The van der Waals surface area contributed by atoms with E-state index in [1.54, 1.807) is 7.11 Å². The first-order valence-electron chi connectivity index (χ1n) is 7.10. The van der Waals surface area contributed by atoms with Crippen LogP contribution >= 0.6 is 0 Å². The van der Waals surface area contributed by atoms with Gasteiger partial charge in [-0.05, 0) is 37.5 Å². The molecule has 0 radical (unpaired) electrons. The second kappa shape index (κ2) is 5.93. The van der Waals surface area contributed by atoms with Crippen LogP contribution < -0.4 is 10.1 Å². The van der Waals surface area contributed by atoms with E-state index in [2.05, 4.69) is 31.3 Å². The molecule has 2 N–H and O–H groups in total. The lowest BCUT2D eigenvalue weighted by molar-refractivity contribution is 0.114. The van der Waals surface area contributed by atoms with Crippen molar-refractivity contribution in [3.63, 3.8) is 0 Å². The summed E-state index contributed by atoms with van der Waals surface area (Å²) in [5.41, 5.74) is 1.29. The number of hydrogen-bond donors (Lipinski definition) is 2. The first-order chi connectivity index (χ1) is 9.09. The van der Waals surface area contributed by atoms with Crippen LogP contribution in [0.15, 0.2) is 24.3 Å². The van der Waals surface area contributed by atoms with Gasteiger partial charge in [0.1, 0.15) is 5.75 Å². The van der Waals surface area contributed by atoms with Gasteiger partial charge in [-0.25, -0.2) is 0 Å². The van der Waals surface area contributed by atoms with Gasteiger partial charge in [0.15, 0.2) is 0 Å². The van der Waals surface area contributed by atoms with Gasteiger partial charge in [-0.1, -0.05) is 25.5 Å². The minimum atomic E-state index is 0.0285. The largest absolute Gasteiger partial charge is 0.497 e. The maximum absolute atomic E-state index is 9.59. The molecule has 1 fully saturated rings. The Labute approximate surface area is 116 Å². The molecular formula is C16H25NO2. The summed E-state index contributed by atoms with van der Waals surface area (Å²) in [5.74, 6) is 0.886. The Kier molecular flexibility index (Phi) is 4.48. The number of hydrogen-bond acceptors (Lipinski definition) is 3. The summed E-state index contributed by atoms with van der Waals surface area (Å²) in [5, 5.41) is 13.3. The number of rotatable bonds is 5. The molecule has 0 bridgehead atoms. The average Bonchev–Trinajstić information content (AvgIpc) is 2.81. The zero-order valence-electron chi connectivity index (χ0n) is 12.1. The Morgan fingerprint density at radius 3 is 2.68 bits per heavy atom. The first kappa shape index (κ1) is 14.4.